The largest absolute Gasteiger partial charge is 0.497 e. The van der Waals surface area contributed by atoms with Gasteiger partial charge in [-0.3, -0.25) is 9.59 Å². The van der Waals surface area contributed by atoms with E-state index in [-0.39, 0.29) is 17.4 Å². The summed E-state index contributed by atoms with van der Waals surface area (Å²) >= 11 is 12.2. The zero-order chi connectivity index (χ0) is 20.3. The van der Waals surface area contributed by atoms with Crippen LogP contribution >= 0.6 is 23.2 Å². The second kappa shape index (κ2) is 8.71. The molecule has 0 aromatic heterocycles. The average Bonchev–Trinajstić information content (AvgIpc) is 3.19. The molecule has 0 spiro atoms. The van der Waals surface area contributed by atoms with Crippen LogP contribution in [0, 0.1) is 0 Å². The Morgan fingerprint density at radius 3 is 2.61 bits per heavy atom. The Balaban J connectivity index is 1.80. The third-order valence-electron chi connectivity index (χ3n) is 4.64. The predicted molar refractivity (Wildman–Crippen MR) is 109 cm³/mol. The third kappa shape index (κ3) is 4.18. The molecule has 8 heteroatoms. The molecule has 1 aliphatic rings. The maximum absolute atomic E-state index is 13.0. The van der Waals surface area contributed by atoms with Gasteiger partial charge in [-0.2, -0.15) is 0 Å². The van der Waals surface area contributed by atoms with Crippen LogP contribution < -0.4 is 14.8 Å². The summed E-state index contributed by atoms with van der Waals surface area (Å²) in [5, 5.41) is 3.56. The molecule has 1 fully saturated rings. The van der Waals surface area contributed by atoms with Gasteiger partial charge in [0.25, 0.3) is 5.91 Å². The molecule has 0 saturated carbocycles. The summed E-state index contributed by atoms with van der Waals surface area (Å²) in [4.78, 5) is 27.4. The molecule has 6 nitrogen and oxygen atoms in total. The van der Waals surface area contributed by atoms with E-state index in [1.807, 2.05) is 0 Å². The molecule has 1 unspecified atom stereocenters. The highest BCUT2D eigenvalue weighted by molar-refractivity contribution is 6.35. The van der Waals surface area contributed by atoms with Gasteiger partial charge in [-0.05, 0) is 43.2 Å². The number of amides is 2. The number of carbonyl (C=O) groups excluding carboxylic acids is 2. The van der Waals surface area contributed by atoms with E-state index in [0.29, 0.717) is 40.2 Å². The number of hydrogen-bond acceptors (Lipinski definition) is 4. The summed E-state index contributed by atoms with van der Waals surface area (Å²) in [7, 11) is 3.06. The Bertz CT molecular complexity index is 904. The van der Waals surface area contributed by atoms with E-state index in [1.54, 1.807) is 37.4 Å². The van der Waals surface area contributed by atoms with Gasteiger partial charge in [-0.15, -0.1) is 0 Å². The SMILES string of the molecule is COc1ccc(NC(=O)C2CCCN2C(=O)c2cc(Cl)ccc2Cl)c(OC)c1. The fourth-order valence-electron chi connectivity index (χ4n) is 3.22. The van der Waals surface area contributed by atoms with Crippen LogP contribution in [0.2, 0.25) is 10.0 Å². The Labute approximate surface area is 173 Å². The Kier molecular flexibility index (Phi) is 6.31. The number of likely N-dealkylation sites (tertiary alicyclic amines) is 1. The lowest BCUT2D eigenvalue weighted by Crippen LogP contribution is -2.43. The quantitative estimate of drug-likeness (QED) is 0.781. The van der Waals surface area contributed by atoms with Crippen LogP contribution in [0.1, 0.15) is 23.2 Å². The topological polar surface area (TPSA) is 67.9 Å². The van der Waals surface area contributed by atoms with Crippen LogP contribution in [0.5, 0.6) is 11.5 Å². The van der Waals surface area contributed by atoms with Crippen LogP contribution in [-0.2, 0) is 4.79 Å². The Morgan fingerprint density at radius 1 is 1.11 bits per heavy atom. The molecule has 1 heterocycles. The molecule has 0 radical (unpaired) electrons. The highest BCUT2D eigenvalue weighted by Gasteiger charge is 2.35. The Morgan fingerprint density at radius 2 is 1.89 bits per heavy atom. The van der Waals surface area contributed by atoms with Gasteiger partial charge in [-0.25, -0.2) is 0 Å². The fourth-order valence-corrected chi connectivity index (χ4v) is 3.59. The first-order valence-electron chi connectivity index (χ1n) is 8.73. The fraction of sp³-hybridized carbons (Fsp3) is 0.300. The first-order valence-corrected chi connectivity index (χ1v) is 9.49. The molecule has 1 aliphatic heterocycles. The summed E-state index contributed by atoms with van der Waals surface area (Å²) in [5.41, 5.74) is 0.796. The highest BCUT2D eigenvalue weighted by atomic mass is 35.5. The van der Waals surface area contributed by atoms with E-state index in [2.05, 4.69) is 5.32 Å². The smallest absolute Gasteiger partial charge is 0.256 e. The third-order valence-corrected chi connectivity index (χ3v) is 5.21. The standard InChI is InChI=1S/C20H20Cl2N2O4/c1-27-13-6-8-16(18(11-13)28-2)23-19(25)17-4-3-9-24(17)20(26)14-10-12(21)5-7-15(14)22/h5-8,10-11,17H,3-4,9H2,1-2H3,(H,23,25). The van der Waals surface area contributed by atoms with Gasteiger partial charge in [0.15, 0.2) is 0 Å². The van der Waals surface area contributed by atoms with E-state index in [9.17, 15) is 9.59 Å². The number of nitrogens with one attached hydrogen (secondary N) is 1. The summed E-state index contributed by atoms with van der Waals surface area (Å²) in [6, 6.07) is 9.21. The van der Waals surface area contributed by atoms with E-state index >= 15 is 0 Å². The van der Waals surface area contributed by atoms with Crippen molar-refractivity contribution in [3.63, 3.8) is 0 Å². The van der Waals surface area contributed by atoms with Gasteiger partial charge in [-0.1, -0.05) is 23.2 Å². The summed E-state index contributed by atoms with van der Waals surface area (Å²) in [6.07, 6.45) is 1.29. The van der Waals surface area contributed by atoms with E-state index in [4.69, 9.17) is 32.7 Å². The monoisotopic (exact) mass is 422 g/mol. The second-order valence-corrected chi connectivity index (χ2v) is 7.18. The lowest BCUT2D eigenvalue weighted by atomic mass is 10.1. The van der Waals surface area contributed by atoms with Gasteiger partial charge < -0.3 is 19.7 Å². The number of rotatable bonds is 5. The van der Waals surface area contributed by atoms with Gasteiger partial charge in [0.1, 0.15) is 17.5 Å². The molecule has 2 amide bonds. The number of benzene rings is 2. The molecule has 1 N–H and O–H groups in total. The maximum atomic E-state index is 13.0. The molecule has 2 aromatic rings. The zero-order valence-electron chi connectivity index (χ0n) is 15.5. The van der Waals surface area contributed by atoms with Crippen molar-refractivity contribution in [1.82, 2.24) is 4.90 Å². The molecule has 28 heavy (non-hydrogen) atoms. The van der Waals surface area contributed by atoms with Gasteiger partial charge >= 0.3 is 0 Å². The number of hydrogen-bond donors (Lipinski definition) is 1. The maximum Gasteiger partial charge on any atom is 0.256 e. The normalized spacial score (nSPS) is 16.0. The molecule has 1 saturated heterocycles. The van der Waals surface area contributed by atoms with Crippen LogP contribution in [0.4, 0.5) is 5.69 Å². The van der Waals surface area contributed by atoms with Crippen molar-refractivity contribution in [2.24, 2.45) is 0 Å². The van der Waals surface area contributed by atoms with Crippen molar-refractivity contribution in [3.05, 3.63) is 52.0 Å². The minimum atomic E-state index is -0.602. The van der Waals surface area contributed by atoms with Crippen molar-refractivity contribution in [2.45, 2.75) is 18.9 Å². The number of methoxy groups -OCH3 is 2. The number of nitrogens with zero attached hydrogens (tertiary/aromatic N) is 1. The summed E-state index contributed by atoms with van der Waals surface area (Å²) in [6.45, 7) is 0.472. The molecule has 1 atom stereocenters. The summed E-state index contributed by atoms with van der Waals surface area (Å²) in [5.74, 6) is 0.490. The second-order valence-electron chi connectivity index (χ2n) is 6.34. The van der Waals surface area contributed by atoms with E-state index in [0.717, 1.165) is 6.42 Å². The number of halogens is 2. The van der Waals surface area contributed by atoms with Gasteiger partial charge in [0.05, 0.1) is 30.5 Å². The average molecular weight is 423 g/mol. The number of ether oxygens (including phenoxy) is 2. The minimum Gasteiger partial charge on any atom is -0.497 e. The lowest BCUT2D eigenvalue weighted by molar-refractivity contribution is -0.119. The van der Waals surface area contributed by atoms with Crippen molar-refractivity contribution in [2.75, 3.05) is 26.1 Å². The predicted octanol–water partition coefficient (Wildman–Crippen LogP) is 4.25. The highest BCUT2D eigenvalue weighted by Crippen LogP contribution is 2.31. The minimum absolute atomic E-state index is 0.285. The van der Waals surface area contributed by atoms with Crippen LogP contribution in [0.3, 0.4) is 0 Å². The Hall–Kier alpha value is -2.44. The number of anilines is 1. The zero-order valence-corrected chi connectivity index (χ0v) is 17.0. The number of carbonyl (C=O) groups is 2. The molecule has 2 aromatic carbocycles. The molecule has 0 bridgehead atoms. The molecular weight excluding hydrogens is 403 g/mol. The van der Waals surface area contributed by atoms with Crippen LogP contribution in [0.25, 0.3) is 0 Å². The van der Waals surface area contributed by atoms with Crippen LogP contribution in [-0.4, -0.2) is 43.5 Å². The van der Waals surface area contributed by atoms with Crippen molar-refractivity contribution >= 4 is 40.7 Å². The van der Waals surface area contributed by atoms with Gasteiger partial charge in [0, 0.05) is 17.6 Å². The molecule has 0 aliphatic carbocycles. The van der Waals surface area contributed by atoms with E-state index in [1.165, 1.54) is 18.1 Å². The lowest BCUT2D eigenvalue weighted by Gasteiger charge is -2.25. The van der Waals surface area contributed by atoms with Crippen LogP contribution in [0.15, 0.2) is 36.4 Å². The molecule has 3 rings (SSSR count). The summed E-state index contributed by atoms with van der Waals surface area (Å²) < 4.78 is 10.5. The first-order chi connectivity index (χ1) is 13.4. The first kappa shape index (κ1) is 20.3. The van der Waals surface area contributed by atoms with Crippen molar-refractivity contribution < 1.29 is 19.1 Å². The van der Waals surface area contributed by atoms with Crippen molar-refractivity contribution in [1.29, 1.82) is 0 Å². The molecule has 148 valence electrons. The molecular formula is C20H20Cl2N2O4. The van der Waals surface area contributed by atoms with Crippen molar-refractivity contribution in [3.8, 4) is 11.5 Å². The van der Waals surface area contributed by atoms with Gasteiger partial charge in [0.2, 0.25) is 5.91 Å². The van der Waals surface area contributed by atoms with E-state index < -0.39 is 6.04 Å².